The normalized spacial score (nSPS) is 22.3. The molecule has 8 heteroatoms. The molecule has 2 N–H and O–H groups in total. The predicted octanol–water partition coefficient (Wildman–Crippen LogP) is 0.488. The van der Waals surface area contributed by atoms with Crippen LogP contribution in [0.25, 0.3) is 0 Å². The lowest BCUT2D eigenvalue weighted by Gasteiger charge is -2.34. The molecule has 0 saturated carbocycles. The maximum atomic E-state index is 13.1. The van der Waals surface area contributed by atoms with Crippen molar-refractivity contribution in [1.29, 1.82) is 0 Å². The Hall–Kier alpha value is -1.48. The van der Waals surface area contributed by atoms with Crippen molar-refractivity contribution in [3.63, 3.8) is 0 Å². The first-order valence-corrected chi connectivity index (χ1v) is 8.72. The molecule has 1 aromatic rings. The van der Waals surface area contributed by atoms with Gasteiger partial charge in [0.15, 0.2) is 0 Å². The van der Waals surface area contributed by atoms with Crippen molar-refractivity contribution in [3.8, 4) is 0 Å². The zero-order chi connectivity index (χ0) is 17.1. The van der Waals surface area contributed by atoms with E-state index in [2.05, 4.69) is 0 Å². The molecular formula is C15H22N2O5S. The Bertz CT molecular complexity index is 676. The molecule has 7 nitrogen and oxygen atoms in total. The van der Waals surface area contributed by atoms with Crippen LogP contribution in [0.1, 0.15) is 18.4 Å². The van der Waals surface area contributed by atoms with E-state index in [0.29, 0.717) is 18.4 Å². The summed E-state index contributed by atoms with van der Waals surface area (Å²) >= 11 is 0. The van der Waals surface area contributed by atoms with Crippen LogP contribution in [-0.2, 0) is 30.9 Å². The Balaban J connectivity index is 2.52. The van der Waals surface area contributed by atoms with Crippen molar-refractivity contribution in [2.75, 3.05) is 27.4 Å². The molecule has 1 unspecified atom stereocenters. The third-order valence-electron chi connectivity index (χ3n) is 4.11. The summed E-state index contributed by atoms with van der Waals surface area (Å²) < 4.78 is 37.6. The van der Waals surface area contributed by atoms with Crippen molar-refractivity contribution < 1.29 is 22.7 Å². The Kier molecular flexibility index (Phi) is 5.41. The third kappa shape index (κ3) is 3.12. The van der Waals surface area contributed by atoms with Crippen LogP contribution in [-0.4, -0.2) is 51.5 Å². The Morgan fingerprint density at radius 2 is 2.00 bits per heavy atom. The lowest BCUT2D eigenvalue weighted by molar-refractivity contribution is -0.128. The topological polar surface area (TPSA) is 98.9 Å². The number of amides is 1. The highest BCUT2D eigenvalue weighted by Crippen LogP contribution is 2.36. The zero-order valence-corrected chi connectivity index (χ0v) is 14.1. The van der Waals surface area contributed by atoms with Gasteiger partial charge >= 0.3 is 0 Å². The van der Waals surface area contributed by atoms with Crippen LogP contribution in [0.5, 0.6) is 0 Å². The molecule has 1 amide bonds. The monoisotopic (exact) mass is 342 g/mol. The quantitative estimate of drug-likeness (QED) is 0.777. The summed E-state index contributed by atoms with van der Waals surface area (Å²) in [7, 11) is -0.973. The summed E-state index contributed by atoms with van der Waals surface area (Å²) in [4.78, 5) is 12.2. The number of methoxy groups -OCH3 is 2. The van der Waals surface area contributed by atoms with Crippen molar-refractivity contribution in [2.45, 2.75) is 29.9 Å². The number of carbonyl (C=O) groups excluding carboxylic acids is 1. The number of benzene rings is 1. The van der Waals surface area contributed by atoms with E-state index in [4.69, 9.17) is 15.2 Å². The van der Waals surface area contributed by atoms with Gasteiger partial charge in [0, 0.05) is 20.8 Å². The SMILES string of the molecule is COCc1ccccc1S(=O)(=O)N1CCCC1(COC)C(N)=O. The molecule has 1 saturated heterocycles. The molecule has 1 aromatic carbocycles. The number of hydrogen-bond donors (Lipinski definition) is 1. The lowest BCUT2D eigenvalue weighted by atomic mass is 9.98. The maximum Gasteiger partial charge on any atom is 0.244 e. The maximum absolute atomic E-state index is 13.1. The van der Waals surface area contributed by atoms with E-state index in [0.717, 1.165) is 0 Å². The van der Waals surface area contributed by atoms with Gasteiger partial charge in [0.05, 0.1) is 18.1 Å². The van der Waals surface area contributed by atoms with E-state index >= 15 is 0 Å². The first-order chi connectivity index (χ1) is 10.9. The van der Waals surface area contributed by atoms with Crippen LogP contribution in [0.4, 0.5) is 0 Å². The highest BCUT2D eigenvalue weighted by atomic mass is 32.2. The summed E-state index contributed by atoms with van der Waals surface area (Å²) in [5, 5.41) is 0. The molecular weight excluding hydrogens is 320 g/mol. The molecule has 1 aliphatic rings. The number of rotatable bonds is 7. The first-order valence-electron chi connectivity index (χ1n) is 7.28. The van der Waals surface area contributed by atoms with Gasteiger partial charge in [-0.1, -0.05) is 18.2 Å². The molecule has 0 aromatic heterocycles. The van der Waals surface area contributed by atoms with E-state index in [1.165, 1.54) is 24.6 Å². The molecule has 0 bridgehead atoms. The molecule has 1 aliphatic heterocycles. The highest BCUT2D eigenvalue weighted by molar-refractivity contribution is 7.89. The minimum absolute atomic E-state index is 0.0615. The van der Waals surface area contributed by atoms with Gasteiger partial charge < -0.3 is 15.2 Å². The summed E-state index contributed by atoms with van der Waals surface area (Å²) in [5.74, 6) is -0.690. The second-order valence-electron chi connectivity index (χ2n) is 5.55. The number of nitrogens with two attached hydrogens (primary N) is 1. The van der Waals surface area contributed by atoms with Crippen molar-refractivity contribution in [3.05, 3.63) is 29.8 Å². The van der Waals surface area contributed by atoms with Gasteiger partial charge in [-0.15, -0.1) is 0 Å². The van der Waals surface area contributed by atoms with Crippen LogP contribution in [0.15, 0.2) is 29.2 Å². The Morgan fingerprint density at radius 3 is 2.61 bits per heavy atom. The number of sulfonamides is 1. The second-order valence-corrected chi connectivity index (χ2v) is 7.38. The number of primary amides is 1. The average Bonchev–Trinajstić information content (AvgIpc) is 2.94. The minimum atomic E-state index is -3.89. The lowest BCUT2D eigenvalue weighted by Crippen LogP contribution is -2.58. The molecule has 23 heavy (non-hydrogen) atoms. The number of hydrogen-bond acceptors (Lipinski definition) is 5. The van der Waals surface area contributed by atoms with Crippen LogP contribution in [0, 0.1) is 0 Å². The van der Waals surface area contributed by atoms with Crippen LogP contribution < -0.4 is 5.73 Å². The van der Waals surface area contributed by atoms with Gasteiger partial charge in [0.2, 0.25) is 15.9 Å². The van der Waals surface area contributed by atoms with Gasteiger partial charge in [-0.05, 0) is 24.5 Å². The Labute approximate surface area is 136 Å². The molecule has 0 spiro atoms. The standard InChI is InChI=1S/C15H22N2O5S/c1-21-10-12-6-3-4-7-13(12)23(19,20)17-9-5-8-15(17,11-22-2)14(16)18/h3-4,6-7H,5,8-11H2,1-2H3,(H2,16,18). The number of nitrogens with zero attached hydrogens (tertiary/aromatic N) is 1. The minimum Gasteiger partial charge on any atom is -0.382 e. The zero-order valence-electron chi connectivity index (χ0n) is 13.3. The van der Waals surface area contributed by atoms with Crippen LogP contribution in [0.3, 0.4) is 0 Å². The van der Waals surface area contributed by atoms with E-state index in [-0.39, 0.29) is 24.7 Å². The fraction of sp³-hybridized carbons (Fsp3) is 0.533. The third-order valence-corrected chi connectivity index (χ3v) is 6.18. The Morgan fingerprint density at radius 1 is 1.30 bits per heavy atom. The molecule has 1 heterocycles. The van der Waals surface area contributed by atoms with Crippen molar-refractivity contribution in [1.82, 2.24) is 4.31 Å². The molecule has 0 aliphatic carbocycles. The largest absolute Gasteiger partial charge is 0.382 e. The van der Waals surface area contributed by atoms with Crippen LogP contribution in [0.2, 0.25) is 0 Å². The molecule has 1 fully saturated rings. The van der Waals surface area contributed by atoms with Gasteiger partial charge in [-0.2, -0.15) is 4.31 Å². The summed E-state index contributed by atoms with van der Waals surface area (Å²) in [6.45, 7) is 0.334. The summed E-state index contributed by atoms with van der Waals surface area (Å²) in [5.41, 5.74) is 4.73. The fourth-order valence-electron chi connectivity index (χ4n) is 3.05. The van der Waals surface area contributed by atoms with Gasteiger partial charge in [-0.3, -0.25) is 4.79 Å². The van der Waals surface area contributed by atoms with Crippen LogP contribution >= 0.6 is 0 Å². The fourth-order valence-corrected chi connectivity index (χ4v) is 5.06. The smallest absolute Gasteiger partial charge is 0.244 e. The molecule has 2 rings (SSSR count). The predicted molar refractivity (Wildman–Crippen MR) is 84.1 cm³/mol. The van der Waals surface area contributed by atoms with E-state index in [9.17, 15) is 13.2 Å². The molecule has 0 radical (unpaired) electrons. The van der Waals surface area contributed by atoms with Gasteiger partial charge in [-0.25, -0.2) is 8.42 Å². The van der Waals surface area contributed by atoms with E-state index < -0.39 is 21.5 Å². The summed E-state index contributed by atoms with van der Waals surface area (Å²) in [6.07, 6.45) is 0.903. The average molecular weight is 342 g/mol. The number of carbonyl (C=O) groups is 1. The summed E-state index contributed by atoms with van der Waals surface area (Å²) in [6, 6.07) is 6.59. The van der Waals surface area contributed by atoms with Crippen molar-refractivity contribution in [2.24, 2.45) is 5.73 Å². The van der Waals surface area contributed by atoms with Gasteiger partial charge in [0.25, 0.3) is 0 Å². The molecule has 128 valence electrons. The molecule has 1 atom stereocenters. The highest BCUT2D eigenvalue weighted by Gasteiger charge is 2.52. The van der Waals surface area contributed by atoms with Gasteiger partial charge in [0.1, 0.15) is 5.54 Å². The van der Waals surface area contributed by atoms with E-state index in [1.54, 1.807) is 18.2 Å². The van der Waals surface area contributed by atoms with Crippen molar-refractivity contribution >= 4 is 15.9 Å². The number of ether oxygens (including phenoxy) is 2. The second kappa shape index (κ2) is 6.96. The van der Waals surface area contributed by atoms with E-state index in [1.807, 2.05) is 0 Å². The first kappa shape index (κ1) is 17.9.